The van der Waals surface area contributed by atoms with Crippen molar-refractivity contribution in [2.24, 2.45) is 0 Å². The number of hydrogen-bond acceptors (Lipinski definition) is 3. The Morgan fingerprint density at radius 3 is 2.85 bits per heavy atom. The van der Waals surface area contributed by atoms with E-state index in [1.54, 1.807) is 10.7 Å². The van der Waals surface area contributed by atoms with Gasteiger partial charge in [0.25, 0.3) is 5.91 Å². The zero-order valence-corrected chi connectivity index (χ0v) is 14.0. The van der Waals surface area contributed by atoms with E-state index in [-0.39, 0.29) is 5.56 Å². The fourth-order valence-electron chi connectivity index (χ4n) is 2.60. The van der Waals surface area contributed by atoms with Crippen LogP contribution in [0.2, 0.25) is 0 Å². The molecule has 0 aliphatic carbocycles. The van der Waals surface area contributed by atoms with Gasteiger partial charge in [-0.25, -0.2) is 9.50 Å². The van der Waals surface area contributed by atoms with E-state index in [2.05, 4.69) is 15.4 Å². The molecule has 0 aliphatic rings. The van der Waals surface area contributed by atoms with E-state index >= 15 is 0 Å². The number of carbonyl (C=O) groups excluding carboxylic acids is 1. The van der Waals surface area contributed by atoms with Crippen LogP contribution in [0, 0.1) is 6.92 Å². The van der Waals surface area contributed by atoms with E-state index in [1.165, 1.54) is 12.1 Å². The molecule has 0 spiro atoms. The van der Waals surface area contributed by atoms with Crippen molar-refractivity contribution in [1.82, 2.24) is 19.9 Å². The van der Waals surface area contributed by atoms with Gasteiger partial charge in [0, 0.05) is 30.6 Å². The SMILES string of the molecule is Cc1cc2ncc(CCCNC(=O)c3cccc(C(F)(F)F)c3)cn2n1. The van der Waals surface area contributed by atoms with Crippen molar-refractivity contribution >= 4 is 11.6 Å². The summed E-state index contributed by atoms with van der Waals surface area (Å²) in [6.45, 7) is 2.24. The van der Waals surface area contributed by atoms with Crippen molar-refractivity contribution in [2.75, 3.05) is 6.54 Å². The van der Waals surface area contributed by atoms with E-state index in [0.29, 0.717) is 19.4 Å². The normalized spacial score (nSPS) is 11.7. The van der Waals surface area contributed by atoms with Gasteiger partial charge in [-0.1, -0.05) is 6.07 Å². The second-order valence-corrected chi connectivity index (χ2v) is 5.99. The lowest BCUT2D eigenvalue weighted by Gasteiger charge is -2.09. The lowest BCUT2D eigenvalue weighted by atomic mass is 10.1. The number of nitrogens with zero attached hydrogens (tertiary/aromatic N) is 3. The number of amides is 1. The Hall–Kier alpha value is -2.90. The third kappa shape index (κ3) is 4.19. The molecule has 26 heavy (non-hydrogen) atoms. The maximum Gasteiger partial charge on any atom is 0.416 e. The number of nitrogens with one attached hydrogen (secondary N) is 1. The van der Waals surface area contributed by atoms with E-state index < -0.39 is 17.6 Å². The Bertz CT molecular complexity index is 934. The summed E-state index contributed by atoms with van der Waals surface area (Å²) in [6.07, 6.45) is 0.477. The Morgan fingerprint density at radius 1 is 1.27 bits per heavy atom. The smallest absolute Gasteiger partial charge is 0.352 e. The zero-order valence-electron chi connectivity index (χ0n) is 14.0. The molecule has 0 radical (unpaired) electrons. The average Bonchev–Trinajstić information content (AvgIpc) is 2.97. The van der Waals surface area contributed by atoms with Crippen molar-refractivity contribution in [3.8, 4) is 0 Å². The Labute approximate surface area is 147 Å². The van der Waals surface area contributed by atoms with Gasteiger partial charge in [-0.15, -0.1) is 0 Å². The van der Waals surface area contributed by atoms with Gasteiger partial charge in [-0.3, -0.25) is 4.79 Å². The molecule has 5 nitrogen and oxygen atoms in total. The minimum absolute atomic E-state index is 0.00470. The van der Waals surface area contributed by atoms with E-state index in [1.807, 2.05) is 19.2 Å². The summed E-state index contributed by atoms with van der Waals surface area (Å²) in [5, 5.41) is 6.93. The number of rotatable bonds is 5. The van der Waals surface area contributed by atoms with Gasteiger partial charge < -0.3 is 5.32 Å². The lowest BCUT2D eigenvalue weighted by molar-refractivity contribution is -0.137. The van der Waals surface area contributed by atoms with E-state index in [0.717, 1.165) is 29.0 Å². The molecular weight excluding hydrogens is 345 g/mol. The maximum absolute atomic E-state index is 12.7. The lowest BCUT2D eigenvalue weighted by Crippen LogP contribution is -2.25. The maximum atomic E-state index is 12.7. The summed E-state index contributed by atoms with van der Waals surface area (Å²) in [4.78, 5) is 16.3. The van der Waals surface area contributed by atoms with E-state index in [4.69, 9.17) is 0 Å². The molecule has 1 amide bonds. The molecule has 2 heterocycles. The molecule has 0 saturated carbocycles. The number of benzene rings is 1. The Balaban J connectivity index is 1.53. The number of fused-ring (bicyclic) bond motifs is 1. The predicted octanol–water partition coefficient (Wildman–Crippen LogP) is 3.42. The third-order valence-electron chi connectivity index (χ3n) is 3.87. The fourth-order valence-corrected chi connectivity index (χ4v) is 2.60. The minimum atomic E-state index is -4.47. The summed E-state index contributed by atoms with van der Waals surface area (Å²) < 4.78 is 39.8. The number of carbonyl (C=O) groups is 1. The summed E-state index contributed by atoms with van der Waals surface area (Å²) in [6, 6.07) is 6.26. The highest BCUT2D eigenvalue weighted by Crippen LogP contribution is 2.29. The van der Waals surface area contributed by atoms with Crippen LogP contribution < -0.4 is 5.32 Å². The molecule has 0 aliphatic heterocycles. The highest BCUT2D eigenvalue weighted by Gasteiger charge is 2.30. The molecule has 8 heteroatoms. The first kappa shape index (κ1) is 17.9. The van der Waals surface area contributed by atoms with Crippen LogP contribution in [0.25, 0.3) is 5.65 Å². The van der Waals surface area contributed by atoms with Crippen molar-refractivity contribution < 1.29 is 18.0 Å². The molecule has 2 aromatic heterocycles. The molecule has 0 fully saturated rings. The minimum Gasteiger partial charge on any atom is -0.352 e. The van der Waals surface area contributed by atoms with Crippen molar-refractivity contribution in [3.05, 3.63) is 65.1 Å². The highest BCUT2D eigenvalue weighted by atomic mass is 19.4. The molecule has 0 unspecified atom stereocenters. The largest absolute Gasteiger partial charge is 0.416 e. The number of aryl methyl sites for hydroxylation is 2. The third-order valence-corrected chi connectivity index (χ3v) is 3.87. The zero-order chi connectivity index (χ0) is 18.7. The second-order valence-electron chi connectivity index (χ2n) is 5.99. The molecule has 0 saturated heterocycles. The first-order valence-corrected chi connectivity index (χ1v) is 8.09. The van der Waals surface area contributed by atoms with Crippen LogP contribution in [0.1, 0.15) is 33.6 Å². The number of halogens is 3. The van der Waals surface area contributed by atoms with Gasteiger partial charge in [-0.05, 0) is 43.5 Å². The monoisotopic (exact) mass is 362 g/mol. The summed E-state index contributed by atoms with van der Waals surface area (Å²) >= 11 is 0. The number of hydrogen-bond donors (Lipinski definition) is 1. The standard InChI is InChI=1S/C18H17F3N4O/c1-12-8-16-23-10-13(11-25(16)24-12)4-3-7-22-17(26)14-5-2-6-15(9-14)18(19,20)21/h2,5-6,8-11H,3-4,7H2,1H3,(H,22,26). The van der Waals surface area contributed by atoms with Gasteiger partial charge in [0.1, 0.15) is 0 Å². The number of aromatic nitrogens is 3. The quantitative estimate of drug-likeness (QED) is 0.708. The van der Waals surface area contributed by atoms with Gasteiger partial charge in [-0.2, -0.15) is 18.3 Å². The van der Waals surface area contributed by atoms with Gasteiger partial charge in [0.15, 0.2) is 5.65 Å². The average molecular weight is 362 g/mol. The topological polar surface area (TPSA) is 59.3 Å². The van der Waals surface area contributed by atoms with Crippen LogP contribution >= 0.6 is 0 Å². The van der Waals surface area contributed by atoms with Gasteiger partial charge >= 0.3 is 6.18 Å². The van der Waals surface area contributed by atoms with Crippen molar-refractivity contribution in [3.63, 3.8) is 0 Å². The van der Waals surface area contributed by atoms with Crippen molar-refractivity contribution in [2.45, 2.75) is 25.9 Å². The second kappa shape index (κ2) is 7.15. The molecular formula is C18H17F3N4O. The molecule has 136 valence electrons. The van der Waals surface area contributed by atoms with Crippen LogP contribution in [0.5, 0.6) is 0 Å². The molecule has 0 bridgehead atoms. The summed E-state index contributed by atoms with van der Waals surface area (Å²) in [5.74, 6) is -0.521. The highest BCUT2D eigenvalue weighted by molar-refractivity contribution is 5.94. The first-order chi connectivity index (χ1) is 12.3. The van der Waals surface area contributed by atoms with Crippen molar-refractivity contribution in [1.29, 1.82) is 0 Å². The van der Waals surface area contributed by atoms with Crippen LogP contribution in [0.3, 0.4) is 0 Å². The summed E-state index contributed by atoms with van der Waals surface area (Å²) in [5.41, 5.74) is 1.77. The van der Waals surface area contributed by atoms with Crippen LogP contribution in [0.15, 0.2) is 42.7 Å². The Kier molecular flexibility index (Phi) is 4.92. The van der Waals surface area contributed by atoms with Crippen LogP contribution in [-0.4, -0.2) is 27.0 Å². The van der Waals surface area contributed by atoms with Gasteiger partial charge in [0.05, 0.1) is 11.3 Å². The molecule has 0 atom stereocenters. The fraction of sp³-hybridized carbons (Fsp3) is 0.278. The first-order valence-electron chi connectivity index (χ1n) is 8.09. The van der Waals surface area contributed by atoms with E-state index in [9.17, 15) is 18.0 Å². The number of alkyl halides is 3. The van der Waals surface area contributed by atoms with Crippen LogP contribution in [0.4, 0.5) is 13.2 Å². The predicted molar refractivity (Wildman–Crippen MR) is 89.8 cm³/mol. The molecule has 3 rings (SSSR count). The Morgan fingerprint density at radius 2 is 2.08 bits per heavy atom. The van der Waals surface area contributed by atoms with Gasteiger partial charge in [0.2, 0.25) is 0 Å². The molecule has 3 aromatic rings. The summed E-state index contributed by atoms with van der Waals surface area (Å²) in [7, 11) is 0. The van der Waals surface area contributed by atoms with Crippen LogP contribution in [-0.2, 0) is 12.6 Å². The molecule has 1 N–H and O–H groups in total. The molecule has 1 aromatic carbocycles.